The maximum atomic E-state index is 11.6. The van der Waals surface area contributed by atoms with Crippen molar-refractivity contribution in [3.05, 3.63) is 50.8 Å². The first kappa shape index (κ1) is 15.4. The molecule has 0 saturated carbocycles. The Balaban J connectivity index is 0.00000180. The van der Waals surface area contributed by atoms with Crippen LogP contribution in [0.2, 0.25) is 0 Å². The number of hydrogen-bond acceptors (Lipinski definition) is 5. The van der Waals surface area contributed by atoms with E-state index in [2.05, 4.69) is 0 Å². The van der Waals surface area contributed by atoms with E-state index in [1.807, 2.05) is 0 Å². The molecule has 2 aromatic rings. The van der Waals surface area contributed by atoms with Gasteiger partial charge in [-0.15, -0.1) is 0 Å². The van der Waals surface area contributed by atoms with Crippen molar-refractivity contribution in [3.63, 3.8) is 0 Å². The van der Waals surface area contributed by atoms with E-state index in [9.17, 15) is 24.8 Å². The molecule has 8 heteroatoms. The van der Waals surface area contributed by atoms with Gasteiger partial charge in [-0.3, -0.25) is 14.9 Å². The summed E-state index contributed by atoms with van der Waals surface area (Å²) in [5.74, 6) is -1.34. The number of nitro groups is 1. The van der Waals surface area contributed by atoms with Crippen molar-refractivity contribution in [1.29, 1.82) is 0 Å². The monoisotopic (exact) mass is 270 g/mol. The van der Waals surface area contributed by atoms with Crippen molar-refractivity contribution in [2.24, 2.45) is 0 Å². The standard InChI is InChI=1S/C11H8N2O5.Na/c14-10-3-4-12(6-11(15)16)9-5-7(13(17)18)1-2-8(9)10;/h1-5H,6H2,(H,15,16);/q;+1/p-1. The first-order chi connectivity index (χ1) is 8.49. The van der Waals surface area contributed by atoms with Gasteiger partial charge in [-0.05, 0) is 6.07 Å². The number of non-ortho nitro benzene ring substituents is 1. The Hall–Kier alpha value is -1.70. The van der Waals surface area contributed by atoms with Crippen LogP contribution in [-0.4, -0.2) is 15.5 Å². The maximum Gasteiger partial charge on any atom is 1.00 e. The SMILES string of the molecule is O=C([O-])Cn1ccc(=O)c2ccc([N+](=O)[O-])cc21.[Na+]. The molecule has 19 heavy (non-hydrogen) atoms. The van der Waals surface area contributed by atoms with Gasteiger partial charge < -0.3 is 14.5 Å². The van der Waals surface area contributed by atoms with Crippen LogP contribution in [0.5, 0.6) is 0 Å². The molecule has 2 rings (SSSR count). The molecular weight excluding hydrogens is 263 g/mol. The minimum absolute atomic E-state index is 0. The number of carboxylic acid groups (broad SMARTS) is 1. The Kier molecular flexibility index (Phi) is 4.82. The molecule has 0 fully saturated rings. The molecule has 0 saturated heterocycles. The third-order valence-corrected chi connectivity index (χ3v) is 2.47. The van der Waals surface area contributed by atoms with Gasteiger partial charge in [-0.2, -0.15) is 0 Å². The molecule has 0 spiro atoms. The second kappa shape index (κ2) is 5.96. The molecule has 92 valence electrons. The van der Waals surface area contributed by atoms with Crippen LogP contribution in [0.4, 0.5) is 5.69 Å². The average Bonchev–Trinajstić information content (AvgIpc) is 2.32. The summed E-state index contributed by atoms with van der Waals surface area (Å²) in [5.41, 5.74) is -0.337. The van der Waals surface area contributed by atoms with Crippen LogP contribution >= 0.6 is 0 Å². The van der Waals surface area contributed by atoms with E-state index in [-0.39, 0.29) is 51.6 Å². The normalized spacial score (nSPS) is 9.89. The van der Waals surface area contributed by atoms with Gasteiger partial charge in [0, 0.05) is 29.8 Å². The second-order valence-electron chi connectivity index (χ2n) is 3.64. The predicted molar refractivity (Wildman–Crippen MR) is 59.9 cm³/mol. The summed E-state index contributed by atoms with van der Waals surface area (Å²) in [6.45, 7) is -0.474. The minimum atomic E-state index is -1.34. The molecule has 0 aliphatic carbocycles. The fourth-order valence-corrected chi connectivity index (χ4v) is 1.68. The van der Waals surface area contributed by atoms with Gasteiger partial charge in [0.1, 0.15) is 0 Å². The zero-order valence-corrected chi connectivity index (χ0v) is 12.0. The topological polar surface area (TPSA) is 105 Å². The molecule has 0 aliphatic rings. The van der Waals surface area contributed by atoms with Crippen LogP contribution in [0.25, 0.3) is 10.9 Å². The molecule has 0 amide bonds. The Morgan fingerprint density at radius 3 is 2.58 bits per heavy atom. The summed E-state index contributed by atoms with van der Waals surface area (Å²) in [6.07, 6.45) is 1.27. The van der Waals surface area contributed by atoms with Gasteiger partial charge in [-0.25, -0.2) is 0 Å². The van der Waals surface area contributed by atoms with E-state index in [0.717, 1.165) is 0 Å². The largest absolute Gasteiger partial charge is 1.00 e. The third kappa shape index (κ3) is 3.19. The van der Waals surface area contributed by atoms with E-state index in [1.165, 1.54) is 35.0 Å². The first-order valence-electron chi connectivity index (χ1n) is 4.96. The summed E-state index contributed by atoms with van der Waals surface area (Å²) in [4.78, 5) is 32.2. The summed E-state index contributed by atoms with van der Waals surface area (Å²) in [7, 11) is 0. The fraction of sp³-hybridized carbons (Fsp3) is 0.0909. The van der Waals surface area contributed by atoms with Crippen molar-refractivity contribution >= 4 is 22.6 Å². The number of benzene rings is 1. The van der Waals surface area contributed by atoms with Crippen LogP contribution in [-0.2, 0) is 11.3 Å². The van der Waals surface area contributed by atoms with Crippen LogP contribution in [0, 0.1) is 10.1 Å². The number of fused-ring (bicyclic) bond motifs is 1. The van der Waals surface area contributed by atoms with Crippen molar-refractivity contribution in [3.8, 4) is 0 Å². The zero-order chi connectivity index (χ0) is 13.3. The number of rotatable bonds is 3. The number of nitrogens with zero attached hydrogens (tertiary/aromatic N) is 2. The molecule has 0 bridgehead atoms. The van der Waals surface area contributed by atoms with E-state index < -0.39 is 17.4 Å². The van der Waals surface area contributed by atoms with Crippen molar-refractivity contribution in [1.82, 2.24) is 4.57 Å². The molecule has 0 radical (unpaired) electrons. The maximum absolute atomic E-state index is 11.6. The number of aromatic nitrogens is 1. The quantitative estimate of drug-likeness (QED) is 0.329. The molecule has 1 heterocycles. The van der Waals surface area contributed by atoms with E-state index in [0.29, 0.717) is 0 Å². The molecule has 7 nitrogen and oxygen atoms in total. The van der Waals surface area contributed by atoms with Crippen LogP contribution < -0.4 is 40.1 Å². The predicted octanol–water partition coefficient (Wildman–Crippen LogP) is -3.34. The number of nitro benzene ring substituents is 1. The van der Waals surface area contributed by atoms with Crippen LogP contribution in [0.15, 0.2) is 35.3 Å². The first-order valence-corrected chi connectivity index (χ1v) is 4.96. The third-order valence-electron chi connectivity index (χ3n) is 2.47. The van der Waals surface area contributed by atoms with Gasteiger partial charge in [0.2, 0.25) is 0 Å². The molecule has 1 aromatic carbocycles. The summed E-state index contributed by atoms with van der Waals surface area (Å²) < 4.78 is 1.22. The molecule has 0 atom stereocenters. The molecular formula is C11H7N2NaO5. The number of aliphatic carboxylic acids is 1. The molecule has 1 aromatic heterocycles. The van der Waals surface area contributed by atoms with Crippen LogP contribution in [0.3, 0.4) is 0 Å². The molecule has 0 N–H and O–H groups in total. The molecule has 0 aliphatic heterocycles. The van der Waals surface area contributed by atoms with Crippen molar-refractivity contribution in [2.45, 2.75) is 6.54 Å². The Labute approximate surface area is 128 Å². The number of pyridine rings is 1. The van der Waals surface area contributed by atoms with Gasteiger partial charge >= 0.3 is 29.6 Å². The van der Waals surface area contributed by atoms with Crippen molar-refractivity contribution < 1.29 is 44.4 Å². The van der Waals surface area contributed by atoms with Crippen LogP contribution in [0.1, 0.15) is 0 Å². The minimum Gasteiger partial charge on any atom is -0.548 e. The summed E-state index contributed by atoms with van der Waals surface area (Å²) in [6, 6.07) is 4.88. The Bertz CT molecular complexity index is 710. The summed E-state index contributed by atoms with van der Waals surface area (Å²) in [5, 5.41) is 21.5. The van der Waals surface area contributed by atoms with E-state index >= 15 is 0 Å². The number of carboxylic acids is 1. The fourth-order valence-electron chi connectivity index (χ4n) is 1.68. The van der Waals surface area contributed by atoms with Gasteiger partial charge in [-0.1, -0.05) is 0 Å². The zero-order valence-electron chi connectivity index (χ0n) is 10.0. The van der Waals surface area contributed by atoms with Gasteiger partial charge in [0.25, 0.3) is 5.69 Å². The number of carbonyl (C=O) groups excluding carboxylic acids is 1. The number of hydrogen-bond donors (Lipinski definition) is 0. The Morgan fingerprint density at radius 2 is 2.00 bits per heavy atom. The summed E-state index contributed by atoms with van der Waals surface area (Å²) >= 11 is 0. The molecule has 0 unspecified atom stereocenters. The van der Waals surface area contributed by atoms with Crippen molar-refractivity contribution in [2.75, 3.05) is 0 Å². The van der Waals surface area contributed by atoms with Gasteiger partial charge in [0.15, 0.2) is 5.43 Å². The van der Waals surface area contributed by atoms with E-state index in [1.54, 1.807) is 0 Å². The number of carbonyl (C=O) groups is 1. The van der Waals surface area contributed by atoms with Gasteiger partial charge in [0.05, 0.1) is 23.0 Å². The second-order valence-corrected chi connectivity index (χ2v) is 3.64. The van der Waals surface area contributed by atoms with E-state index in [4.69, 9.17) is 0 Å². The smallest absolute Gasteiger partial charge is 0.548 e. The average molecular weight is 270 g/mol. The Morgan fingerprint density at radius 1 is 1.32 bits per heavy atom.